The summed E-state index contributed by atoms with van der Waals surface area (Å²) >= 11 is 6.18. The third-order valence-electron chi connectivity index (χ3n) is 3.95. The minimum absolute atomic E-state index is 0.173. The number of hydrazine groups is 1. The second-order valence-corrected chi connectivity index (χ2v) is 6.32. The zero-order chi connectivity index (χ0) is 20.8. The highest BCUT2D eigenvalue weighted by Crippen LogP contribution is 2.30. The first kappa shape index (κ1) is 20.2. The number of benzene rings is 2. The quantitative estimate of drug-likeness (QED) is 0.599. The van der Waals surface area contributed by atoms with Gasteiger partial charge in [-0.1, -0.05) is 41.0 Å². The van der Waals surface area contributed by atoms with Crippen LogP contribution < -0.4 is 20.3 Å². The number of hydrogen-bond acceptors (Lipinski definition) is 6. The summed E-state index contributed by atoms with van der Waals surface area (Å²) in [6, 6.07) is 13.7. The van der Waals surface area contributed by atoms with E-state index in [0.717, 1.165) is 0 Å². The predicted octanol–water partition coefficient (Wildman–Crippen LogP) is 3.15. The lowest BCUT2D eigenvalue weighted by Crippen LogP contribution is -2.44. The number of rotatable bonds is 6. The van der Waals surface area contributed by atoms with Crippen LogP contribution in [0.25, 0.3) is 11.3 Å². The molecule has 2 aromatic carbocycles. The van der Waals surface area contributed by atoms with Crippen LogP contribution in [0.15, 0.2) is 53.1 Å². The van der Waals surface area contributed by atoms with E-state index in [1.54, 1.807) is 55.5 Å². The molecule has 1 aromatic heterocycles. The summed E-state index contributed by atoms with van der Waals surface area (Å²) in [7, 11) is 1.53. The van der Waals surface area contributed by atoms with Gasteiger partial charge in [0.05, 0.1) is 12.1 Å². The minimum atomic E-state index is -0.589. The Morgan fingerprint density at radius 2 is 1.86 bits per heavy atom. The lowest BCUT2D eigenvalue weighted by atomic mass is 10.1. The molecule has 0 fully saturated rings. The van der Waals surface area contributed by atoms with Crippen molar-refractivity contribution in [2.75, 3.05) is 13.7 Å². The molecule has 0 bridgehead atoms. The smallest absolute Gasteiger partial charge is 0.276 e. The summed E-state index contributed by atoms with van der Waals surface area (Å²) < 4.78 is 15.6. The zero-order valence-electron chi connectivity index (χ0n) is 15.7. The second-order valence-electron chi connectivity index (χ2n) is 5.91. The van der Waals surface area contributed by atoms with Crippen LogP contribution >= 0.6 is 11.6 Å². The molecule has 0 spiro atoms. The molecule has 2 amide bonds. The molecule has 0 aliphatic rings. The second kappa shape index (κ2) is 9.11. The Hall–Kier alpha value is -3.52. The molecule has 0 saturated carbocycles. The Morgan fingerprint density at radius 1 is 1.10 bits per heavy atom. The number of ether oxygens (including phenoxy) is 2. The first-order valence-corrected chi connectivity index (χ1v) is 8.94. The fraction of sp³-hybridized carbons (Fsp3) is 0.150. The van der Waals surface area contributed by atoms with E-state index in [-0.39, 0.29) is 17.9 Å². The van der Waals surface area contributed by atoms with E-state index < -0.39 is 11.8 Å². The van der Waals surface area contributed by atoms with E-state index in [2.05, 4.69) is 16.0 Å². The standard InChI is InChI=1S/C20H18ClN3O5/c1-12-18(19(24-29-12)15-8-3-4-9-16(15)21)20(26)23-22-17(25)11-28-14-7-5-6-13(10-14)27-2/h3-10H,11H2,1-2H3,(H,22,25)(H,23,26). The van der Waals surface area contributed by atoms with Crippen molar-refractivity contribution in [3.05, 3.63) is 64.9 Å². The molecular weight excluding hydrogens is 398 g/mol. The van der Waals surface area contributed by atoms with Crippen LogP contribution in [-0.4, -0.2) is 30.7 Å². The molecule has 3 rings (SSSR count). The lowest BCUT2D eigenvalue weighted by molar-refractivity contribution is -0.123. The molecule has 0 saturated heterocycles. The number of carbonyl (C=O) groups is 2. The highest BCUT2D eigenvalue weighted by Gasteiger charge is 2.23. The number of aryl methyl sites for hydroxylation is 1. The van der Waals surface area contributed by atoms with Crippen molar-refractivity contribution in [3.63, 3.8) is 0 Å². The van der Waals surface area contributed by atoms with Crippen molar-refractivity contribution >= 4 is 23.4 Å². The van der Waals surface area contributed by atoms with Gasteiger partial charge in [0.25, 0.3) is 11.8 Å². The minimum Gasteiger partial charge on any atom is -0.497 e. The average molecular weight is 416 g/mol. The van der Waals surface area contributed by atoms with E-state index in [0.29, 0.717) is 27.8 Å². The molecule has 150 valence electrons. The molecule has 0 unspecified atom stereocenters. The van der Waals surface area contributed by atoms with Gasteiger partial charge in [-0.2, -0.15) is 0 Å². The van der Waals surface area contributed by atoms with Crippen molar-refractivity contribution in [3.8, 4) is 22.8 Å². The molecule has 3 aromatic rings. The van der Waals surface area contributed by atoms with Crippen LogP contribution in [0.3, 0.4) is 0 Å². The van der Waals surface area contributed by atoms with Crippen LogP contribution in [0.5, 0.6) is 11.5 Å². The third-order valence-corrected chi connectivity index (χ3v) is 4.27. The SMILES string of the molecule is COc1cccc(OCC(=O)NNC(=O)c2c(-c3ccccc3Cl)noc2C)c1. The third kappa shape index (κ3) is 4.85. The first-order chi connectivity index (χ1) is 14.0. The van der Waals surface area contributed by atoms with Crippen LogP contribution in [0, 0.1) is 6.92 Å². The highest BCUT2D eigenvalue weighted by molar-refractivity contribution is 6.33. The fourth-order valence-electron chi connectivity index (χ4n) is 2.54. The molecule has 9 heteroatoms. The van der Waals surface area contributed by atoms with Crippen LogP contribution in [0.4, 0.5) is 0 Å². The average Bonchev–Trinajstić information content (AvgIpc) is 3.12. The van der Waals surface area contributed by atoms with E-state index in [1.807, 2.05) is 0 Å². The summed E-state index contributed by atoms with van der Waals surface area (Å²) in [5.74, 6) is 0.218. The molecule has 2 N–H and O–H groups in total. The maximum atomic E-state index is 12.6. The predicted molar refractivity (Wildman–Crippen MR) is 106 cm³/mol. The largest absolute Gasteiger partial charge is 0.497 e. The summed E-state index contributed by atoms with van der Waals surface area (Å²) in [6.45, 7) is 1.30. The van der Waals surface area contributed by atoms with E-state index in [4.69, 9.17) is 25.6 Å². The molecule has 0 radical (unpaired) electrons. The Morgan fingerprint density at radius 3 is 2.62 bits per heavy atom. The summed E-state index contributed by atoms with van der Waals surface area (Å²) in [5.41, 5.74) is 5.62. The van der Waals surface area contributed by atoms with Crippen molar-refractivity contribution in [2.24, 2.45) is 0 Å². The van der Waals surface area contributed by atoms with Gasteiger partial charge in [0.1, 0.15) is 28.5 Å². The van der Waals surface area contributed by atoms with Crippen molar-refractivity contribution in [1.82, 2.24) is 16.0 Å². The molecular formula is C20H18ClN3O5. The molecule has 0 aliphatic carbocycles. The van der Waals surface area contributed by atoms with Crippen LogP contribution in [0.2, 0.25) is 5.02 Å². The van der Waals surface area contributed by atoms with E-state index in [1.165, 1.54) is 7.11 Å². The van der Waals surface area contributed by atoms with Crippen molar-refractivity contribution in [2.45, 2.75) is 6.92 Å². The number of hydrogen-bond donors (Lipinski definition) is 2. The van der Waals surface area contributed by atoms with Crippen molar-refractivity contribution < 1.29 is 23.6 Å². The molecule has 1 heterocycles. The van der Waals surface area contributed by atoms with Gasteiger partial charge >= 0.3 is 0 Å². The summed E-state index contributed by atoms with van der Waals surface area (Å²) in [6.07, 6.45) is 0. The van der Waals surface area contributed by atoms with E-state index >= 15 is 0 Å². The topological polar surface area (TPSA) is 103 Å². The molecule has 0 atom stereocenters. The molecule has 8 nitrogen and oxygen atoms in total. The normalized spacial score (nSPS) is 10.3. The number of nitrogens with one attached hydrogen (secondary N) is 2. The Labute approximate surface area is 171 Å². The van der Waals surface area contributed by atoms with Crippen LogP contribution in [-0.2, 0) is 4.79 Å². The number of aromatic nitrogens is 1. The molecule has 0 aliphatic heterocycles. The fourth-order valence-corrected chi connectivity index (χ4v) is 2.77. The van der Waals surface area contributed by atoms with Crippen molar-refractivity contribution in [1.29, 1.82) is 0 Å². The Balaban J connectivity index is 1.62. The van der Waals surface area contributed by atoms with Gasteiger partial charge in [0.2, 0.25) is 0 Å². The summed E-state index contributed by atoms with van der Waals surface area (Å²) in [4.78, 5) is 24.6. The van der Waals surface area contributed by atoms with Gasteiger partial charge in [-0.3, -0.25) is 20.4 Å². The maximum Gasteiger partial charge on any atom is 0.276 e. The maximum absolute atomic E-state index is 12.6. The Bertz CT molecular complexity index is 1030. The number of carbonyl (C=O) groups excluding carboxylic acids is 2. The van der Waals surface area contributed by atoms with Crippen LogP contribution in [0.1, 0.15) is 16.1 Å². The Kier molecular flexibility index (Phi) is 6.36. The van der Waals surface area contributed by atoms with Gasteiger partial charge in [0.15, 0.2) is 6.61 Å². The number of amides is 2. The first-order valence-electron chi connectivity index (χ1n) is 8.56. The number of halogens is 1. The van der Waals surface area contributed by atoms with Gasteiger partial charge in [-0.25, -0.2) is 0 Å². The number of methoxy groups -OCH3 is 1. The van der Waals surface area contributed by atoms with Gasteiger partial charge in [-0.15, -0.1) is 0 Å². The molecule has 29 heavy (non-hydrogen) atoms. The highest BCUT2D eigenvalue weighted by atomic mass is 35.5. The van der Waals surface area contributed by atoms with Gasteiger partial charge in [-0.05, 0) is 25.1 Å². The van der Waals surface area contributed by atoms with E-state index in [9.17, 15) is 9.59 Å². The number of nitrogens with zero attached hydrogens (tertiary/aromatic N) is 1. The zero-order valence-corrected chi connectivity index (χ0v) is 16.4. The van der Waals surface area contributed by atoms with Gasteiger partial charge in [0, 0.05) is 11.6 Å². The summed E-state index contributed by atoms with van der Waals surface area (Å²) in [5, 5.41) is 4.34. The lowest BCUT2D eigenvalue weighted by Gasteiger charge is -2.10. The monoisotopic (exact) mass is 415 g/mol. The van der Waals surface area contributed by atoms with Gasteiger partial charge < -0.3 is 14.0 Å².